The van der Waals surface area contributed by atoms with E-state index in [1.165, 1.54) is 0 Å². The summed E-state index contributed by atoms with van der Waals surface area (Å²) in [6.07, 6.45) is 4.19. The molecule has 6 nitrogen and oxygen atoms in total. The van der Waals surface area contributed by atoms with Crippen LogP contribution in [0.4, 0.5) is 0 Å². The molecule has 2 fully saturated rings. The lowest BCUT2D eigenvalue weighted by Crippen LogP contribution is -2.65. The summed E-state index contributed by atoms with van der Waals surface area (Å²) in [5.41, 5.74) is 0.156. The van der Waals surface area contributed by atoms with Crippen molar-refractivity contribution in [2.75, 3.05) is 31.2 Å². The van der Waals surface area contributed by atoms with Gasteiger partial charge < -0.3 is 15.4 Å². The number of sulfone groups is 1. The lowest BCUT2D eigenvalue weighted by atomic mass is 9.58. The highest BCUT2D eigenvalue weighted by Crippen LogP contribution is 2.48. The van der Waals surface area contributed by atoms with Gasteiger partial charge in [-0.15, -0.1) is 0 Å². The quantitative estimate of drug-likeness (QED) is 0.502. The molecule has 3 unspecified atom stereocenters. The molecule has 0 aromatic rings. The first kappa shape index (κ1) is 20.5. The number of guanidine groups is 1. The molecule has 0 spiro atoms. The van der Waals surface area contributed by atoms with Crippen molar-refractivity contribution in [1.82, 2.24) is 10.6 Å². The van der Waals surface area contributed by atoms with E-state index in [1.807, 2.05) is 6.92 Å². The second-order valence-corrected chi connectivity index (χ2v) is 9.53. The van der Waals surface area contributed by atoms with Gasteiger partial charge in [0, 0.05) is 31.2 Å². The van der Waals surface area contributed by atoms with E-state index >= 15 is 0 Å². The lowest BCUT2D eigenvalue weighted by molar-refractivity contribution is -0.133. The third-order valence-electron chi connectivity index (χ3n) is 5.96. The van der Waals surface area contributed by atoms with Crippen molar-refractivity contribution in [3.63, 3.8) is 0 Å². The average Bonchev–Trinajstić information content (AvgIpc) is 2.92. The molecule has 0 aromatic heterocycles. The minimum Gasteiger partial charge on any atom is -0.378 e. The lowest BCUT2D eigenvalue weighted by Gasteiger charge is -2.55. The number of ether oxygens (including phenoxy) is 1. The van der Waals surface area contributed by atoms with Gasteiger partial charge in [0.05, 0.1) is 17.6 Å². The summed E-state index contributed by atoms with van der Waals surface area (Å²) in [5, 5.41) is 6.90. The van der Waals surface area contributed by atoms with Crippen LogP contribution in [0.1, 0.15) is 53.4 Å². The summed E-state index contributed by atoms with van der Waals surface area (Å²) in [7, 11) is -2.84. The Kier molecular flexibility index (Phi) is 7.14. The number of aliphatic imine (C=N–C) groups is 1. The predicted octanol–water partition coefficient (Wildman–Crippen LogP) is 1.96. The van der Waals surface area contributed by atoms with Crippen LogP contribution in [0.2, 0.25) is 0 Å². The van der Waals surface area contributed by atoms with Gasteiger partial charge in [-0.25, -0.2) is 8.42 Å². The van der Waals surface area contributed by atoms with Crippen molar-refractivity contribution in [2.45, 2.75) is 65.5 Å². The molecule has 0 amide bonds. The van der Waals surface area contributed by atoms with E-state index in [0.29, 0.717) is 24.4 Å². The molecule has 1 aliphatic heterocycles. The summed E-state index contributed by atoms with van der Waals surface area (Å²) < 4.78 is 29.2. The first-order valence-electron chi connectivity index (χ1n) is 9.77. The van der Waals surface area contributed by atoms with Gasteiger partial charge in [-0.05, 0) is 45.4 Å². The fourth-order valence-corrected chi connectivity index (χ4v) is 6.15. The third kappa shape index (κ3) is 4.67. The molecule has 1 aliphatic carbocycles. The molecular weight excluding hydrogens is 338 g/mol. The zero-order chi connectivity index (χ0) is 18.5. The van der Waals surface area contributed by atoms with E-state index < -0.39 is 9.84 Å². The largest absolute Gasteiger partial charge is 0.378 e. The highest BCUT2D eigenvalue weighted by Gasteiger charge is 2.53. The fraction of sp³-hybridized carbons (Fsp3) is 0.944. The van der Waals surface area contributed by atoms with E-state index in [9.17, 15) is 8.42 Å². The molecule has 0 radical (unpaired) electrons. The molecule has 1 saturated heterocycles. The van der Waals surface area contributed by atoms with Gasteiger partial charge in [-0.1, -0.05) is 13.8 Å². The van der Waals surface area contributed by atoms with Crippen LogP contribution in [0.3, 0.4) is 0 Å². The van der Waals surface area contributed by atoms with Crippen LogP contribution < -0.4 is 10.6 Å². The molecule has 2 aliphatic rings. The maximum absolute atomic E-state index is 11.6. The normalized spacial score (nSPS) is 30.7. The zero-order valence-electron chi connectivity index (χ0n) is 16.2. The van der Waals surface area contributed by atoms with Crippen molar-refractivity contribution >= 4 is 15.8 Å². The summed E-state index contributed by atoms with van der Waals surface area (Å²) in [4.78, 5) is 4.68. The van der Waals surface area contributed by atoms with Crippen LogP contribution in [0.15, 0.2) is 4.99 Å². The zero-order valence-corrected chi connectivity index (χ0v) is 17.0. The highest BCUT2D eigenvalue weighted by molar-refractivity contribution is 7.91. The second kappa shape index (κ2) is 8.71. The first-order valence-corrected chi connectivity index (χ1v) is 11.6. The Morgan fingerprint density at radius 3 is 2.48 bits per heavy atom. The molecule has 2 rings (SSSR count). The van der Waals surface area contributed by atoms with Gasteiger partial charge in [-0.3, -0.25) is 4.99 Å². The van der Waals surface area contributed by atoms with Crippen LogP contribution in [0.25, 0.3) is 0 Å². The van der Waals surface area contributed by atoms with E-state index in [0.717, 1.165) is 44.8 Å². The van der Waals surface area contributed by atoms with Crippen LogP contribution in [-0.4, -0.2) is 57.7 Å². The van der Waals surface area contributed by atoms with E-state index in [-0.39, 0.29) is 17.1 Å². The smallest absolute Gasteiger partial charge is 0.191 e. The predicted molar refractivity (Wildman–Crippen MR) is 103 cm³/mol. The van der Waals surface area contributed by atoms with E-state index in [1.54, 1.807) is 0 Å². The number of hydrogen-bond acceptors (Lipinski definition) is 4. The third-order valence-corrected chi connectivity index (χ3v) is 7.80. The van der Waals surface area contributed by atoms with Crippen molar-refractivity contribution in [1.29, 1.82) is 0 Å². The van der Waals surface area contributed by atoms with Gasteiger partial charge in [-0.2, -0.15) is 0 Å². The standard InChI is InChI=1S/C18H35N3O3S/c1-5-18(6-2)15(11-16(18)24-8-4)21-17(19-7-3)20-12-14-9-10-25(22,23)13-14/h14-16H,5-13H2,1-4H3,(H2,19,20,21). The molecular formula is C18H35N3O3S. The van der Waals surface area contributed by atoms with Crippen LogP contribution in [-0.2, 0) is 14.6 Å². The Hall–Kier alpha value is -0.820. The molecule has 3 atom stereocenters. The maximum atomic E-state index is 11.6. The van der Waals surface area contributed by atoms with Crippen LogP contribution >= 0.6 is 0 Å². The summed E-state index contributed by atoms with van der Waals surface area (Å²) in [6.45, 7) is 10.7. The molecule has 1 heterocycles. The minimum atomic E-state index is -2.84. The molecule has 1 saturated carbocycles. The fourth-order valence-electron chi connectivity index (χ4n) is 4.30. The monoisotopic (exact) mass is 373 g/mol. The Balaban J connectivity index is 1.99. The average molecular weight is 374 g/mol. The topological polar surface area (TPSA) is 79.8 Å². The number of hydrogen-bond donors (Lipinski definition) is 2. The Morgan fingerprint density at radius 2 is 1.96 bits per heavy atom. The highest BCUT2D eigenvalue weighted by atomic mass is 32.2. The summed E-state index contributed by atoms with van der Waals surface area (Å²) in [5.74, 6) is 1.54. The van der Waals surface area contributed by atoms with Crippen molar-refractivity contribution in [3.8, 4) is 0 Å². The first-order chi connectivity index (χ1) is 11.9. The minimum absolute atomic E-state index is 0.153. The van der Waals surface area contributed by atoms with Gasteiger partial charge in [0.1, 0.15) is 0 Å². The van der Waals surface area contributed by atoms with Crippen LogP contribution in [0.5, 0.6) is 0 Å². The van der Waals surface area contributed by atoms with Gasteiger partial charge in [0.2, 0.25) is 0 Å². The Morgan fingerprint density at radius 1 is 1.24 bits per heavy atom. The van der Waals surface area contributed by atoms with E-state index in [2.05, 4.69) is 36.4 Å². The maximum Gasteiger partial charge on any atom is 0.191 e. The number of rotatable bonds is 8. The molecule has 0 bridgehead atoms. The van der Waals surface area contributed by atoms with Crippen molar-refractivity contribution < 1.29 is 13.2 Å². The van der Waals surface area contributed by atoms with Crippen molar-refractivity contribution in [2.24, 2.45) is 16.3 Å². The molecule has 0 aromatic carbocycles. The number of nitrogens with zero attached hydrogens (tertiary/aromatic N) is 1. The van der Waals surface area contributed by atoms with Crippen LogP contribution in [0, 0.1) is 11.3 Å². The second-order valence-electron chi connectivity index (χ2n) is 7.31. The van der Waals surface area contributed by atoms with Gasteiger partial charge >= 0.3 is 0 Å². The molecule has 25 heavy (non-hydrogen) atoms. The summed E-state index contributed by atoms with van der Waals surface area (Å²) >= 11 is 0. The SMILES string of the molecule is CCNC(=NCC1CCS(=O)(=O)C1)NC1CC(OCC)C1(CC)CC. The number of nitrogens with one attached hydrogen (secondary N) is 2. The Labute approximate surface area is 153 Å². The Bertz CT molecular complexity index is 558. The van der Waals surface area contributed by atoms with E-state index in [4.69, 9.17) is 4.74 Å². The van der Waals surface area contributed by atoms with Gasteiger partial charge in [0.25, 0.3) is 0 Å². The van der Waals surface area contributed by atoms with Crippen molar-refractivity contribution in [3.05, 3.63) is 0 Å². The van der Waals surface area contributed by atoms with Gasteiger partial charge in [0.15, 0.2) is 15.8 Å². The molecule has 2 N–H and O–H groups in total. The molecule has 7 heteroatoms. The molecule has 146 valence electrons. The summed E-state index contributed by atoms with van der Waals surface area (Å²) in [6, 6.07) is 0.351.